The molecule has 0 bridgehead atoms. The van der Waals surface area contributed by atoms with E-state index in [-0.39, 0.29) is 18.9 Å². The first-order chi connectivity index (χ1) is 10.4. The van der Waals surface area contributed by atoms with Crippen LogP contribution in [0.15, 0.2) is 30.3 Å². The Morgan fingerprint density at radius 2 is 1.73 bits per heavy atom. The molecule has 0 saturated heterocycles. The van der Waals surface area contributed by atoms with E-state index in [9.17, 15) is 9.59 Å². The number of likely N-dealkylation sites (N-methyl/N-ethyl adjacent to an activating group) is 1. The van der Waals surface area contributed by atoms with Crippen molar-refractivity contribution in [3.05, 3.63) is 41.5 Å². The van der Waals surface area contributed by atoms with Crippen molar-refractivity contribution in [3.63, 3.8) is 0 Å². The lowest BCUT2D eigenvalue weighted by Gasteiger charge is -2.22. The zero-order valence-corrected chi connectivity index (χ0v) is 13.5. The van der Waals surface area contributed by atoms with Gasteiger partial charge in [0.25, 0.3) is 0 Å². The quantitative estimate of drug-likeness (QED) is 0.745. The van der Waals surface area contributed by atoms with E-state index in [1.54, 1.807) is 11.0 Å². The predicted octanol–water partition coefficient (Wildman–Crippen LogP) is 1.87. The summed E-state index contributed by atoms with van der Waals surface area (Å²) in [6.07, 6.45) is 3.21. The summed E-state index contributed by atoms with van der Waals surface area (Å²) in [5.74, 6) is -1.06. The molecule has 0 aliphatic heterocycles. The van der Waals surface area contributed by atoms with Crippen LogP contribution in [0, 0.1) is 6.92 Å². The molecule has 22 heavy (non-hydrogen) atoms. The monoisotopic (exact) mass is 304 g/mol. The number of hydrogen-bond acceptors (Lipinski definition) is 3. The van der Waals surface area contributed by atoms with Gasteiger partial charge < -0.3 is 14.9 Å². The Hall–Kier alpha value is -2.14. The highest BCUT2D eigenvalue weighted by atomic mass is 16.4. The van der Waals surface area contributed by atoms with Gasteiger partial charge in [0.2, 0.25) is 5.91 Å². The minimum Gasteiger partial charge on any atom is -0.481 e. The second-order valence-electron chi connectivity index (χ2n) is 5.52. The first-order valence-electron chi connectivity index (χ1n) is 7.28. The average molecular weight is 304 g/mol. The van der Waals surface area contributed by atoms with Crippen LogP contribution in [-0.4, -0.2) is 60.5 Å². The van der Waals surface area contributed by atoms with Gasteiger partial charge in [0.1, 0.15) is 0 Å². The number of hydrogen-bond donors (Lipinski definition) is 1. The maximum atomic E-state index is 12.2. The minimum atomic E-state index is -0.898. The zero-order valence-electron chi connectivity index (χ0n) is 13.5. The summed E-state index contributed by atoms with van der Waals surface area (Å²) in [5, 5.41) is 8.79. The van der Waals surface area contributed by atoms with Crippen molar-refractivity contribution in [2.24, 2.45) is 0 Å². The van der Waals surface area contributed by atoms with Gasteiger partial charge in [0.05, 0.1) is 6.42 Å². The summed E-state index contributed by atoms with van der Waals surface area (Å²) in [5.41, 5.74) is 2.11. The van der Waals surface area contributed by atoms with Crippen LogP contribution in [0.25, 0.3) is 6.08 Å². The highest BCUT2D eigenvalue weighted by Crippen LogP contribution is 2.06. The van der Waals surface area contributed by atoms with E-state index in [2.05, 4.69) is 0 Å². The van der Waals surface area contributed by atoms with Crippen LogP contribution in [0.1, 0.15) is 17.5 Å². The lowest BCUT2D eigenvalue weighted by Crippen LogP contribution is -2.37. The van der Waals surface area contributed by atoms with Gasteiger partial charge in [-0.05, 0) is 32.7 Å². The van der Waals surface area contributed by atoms with E-state index in [0.29, 0.717) is 13.1 Å². The third-order valence-corrected chi connectivity index (χ3v) is 3.22. The fraction of sp³-hybridized carbons (Fsp3) is 0.412. The summed E-state index contributed by atoms with van der Waals surface area (Å²) < 4.78 is 0. The third-order valence-electron chi connectivity index (χ3n) is 3.22. The molecule has 5 heteroatoms. The third kappa shape index (κ3) is 7.04. The van der Waals surface area contributed by atoms with Gasteiger partial charge in [-0.3, -0.25) is 9.59 Å². The summed E-state index contributed by atoms with van der Waals surface area (Å²) in [6, 6.07) is 7.86. The Bertz CT molecular complexity index is 521. The summed E-state index contributed by atoms with van der Waals surface area (Å²) >= 11 is 0. The summed E-state index contributed by atoms with van der Waals surface area (Å²) in [6.45, 7) is 3.44. The van der Waals surface area contributed by atoms with Crippen LogP contribution < -0.4 is 0 Å². The first kappa shape index (κ1) is 17.9. The molecular formula is C17H24N2O3. The van der Waals surface area contributed by atoms with E-state index in [0.717, 1.165) is 11.1 Å². The number of aryl methyl sites for hydroxylation is 1. The fourth-order valence-electron chi connectivity index (χ4n) is 1.83. The van der Waals surface area contributed by atoms with E-state index < -0.39 is 5.97 Å². The highest BCUT2D eigenvalue weighted by Gasteiger charge is 2.12. The van der Waals surface area contributed by atoms with Crippen molar-refractivity contribution >= 4 is 18.0 Å². The van der Waals surface area contributed by atoms with Crippen LogP contribution in [0.3, 0.4) is 0 Å². The van der Waals surface area contributed by atoms with Crippen molar-refractivity contribution < 1.29 is 14.7 Å². The molecule has 1 aromatic rings. The van der Waals surface area contributed by atoms with Gasteiger partial charge >= 0.3 is 5.97 Å². The first-order valence-corrected chi connectivity index (χ1v) is 7.28. The Morgan fingerprint density at radius 3 is 2.27 bits per heavy atom. The molecule has 0 heterocycles. The van der Waals surface area contributed by atoms with Crippen molar-refractivity contribution in [3.8, 4) is 0 Å². The maximum absolute atomic E-state index is 12.2. The van der Waals surface area contributed by atoms with Crippen LogP contribution >= 0.6 is 0 Å². The largest absolute Gasteiger partial charge is 0.481 e. The van der Waals surface area contributed by atoms with Crippen LogP contribution in [-0.2, 0) is 9.59 Å². The van der Waals surface area contributed by atoms with E-state index in [1.807, 2.05) is 50.2 Å². The molecule has 0 saturated carbocycles. The Balaban J connectivity index is 2.68. The second kappa shape index (κ2) is 9.00. The van der Waals surface area contributed by atoms with Gasteiger partial charge in [-0.1, -0.05) is 29.8 Å². The fourth-order valence-corrected chi connectivity index (χ4v) is 1.83. The van der Waals surface area contributed by atoms with Gasteiger partial charge in [0, 0.05) is 25.7 Å². The number of carboxylic acids is 1. The lowest BCUT2D eigenvalue weighted by molar-refractivity contribution is -0.138. The number of aliphatic carboxylic acids is 1. The van der Waals surface area contributed by atoms with Crippen LogP contribution in [0.4, 0.5) is 0 Å². The number of benzene rings is 1. The Morgan fingerprint density at radius 1 is 1.09 bits per heavy atom. The number of carbonyl (C=O) groups is 2. The Labute approximate surface area is 131 Å². The number of nitrogens with zero attached hydrogens (tertiary/aromatic N) is 2. The molecule has 0 fully saturated rings. The zero-order chi connectivity index (χ0) is 16.5. The standard InChI is InChI=1S/C17H24N2O3/c1-14-4-6-15(7-5-14)8-9-16(20)19(11-10-17(21)22)13-12-18(2)3/h4-9H,10-13H2,1-3H3,(H,21,22)/b9-8+. The molecule has 1 N–H and O–H groups in total. The molecule has 0 aliphatic carbocycles. The smallest absolute Gasteiger partial charge is 0.305 e. The predicted molar refractivity (Wildman–Crippen MR) is 87.6 cm³/mol. The van der Waals surface area contributed by atoms with Crippen molar-refractivity contribution in [2.75, 3.05) is 33.7 Å². The molecule has 0 unspecified atom stereocenters. The van der Waals surface area contributed by atoms with E-state index in [4.69, 9.17) is 5.11 Å². The highest BCUT2D eigenvalue weighted by molar-refractivity contribution is 5.92. The molecule has 5 nitrogen and oxygen atoms in total. The van der Waals surface area contributed by atoms with Crippen molar-refractivity contribution in [1.29, 1.82) is 0 Å². The molecular weight excluding hydrogens is 280 g/mol. The normalized spacial score (nSPS) is 11.1. The number of carbonyl (C=O) groups excluding carboxylic acids is 1. The topological polar surface area (TPSA) is 60.9 Å². The molecule has 0 atom stereocenters. The van der Waals surface area contributed by atoms with Crippen LogP contribution in [0.2, 0.25) is 0 Å². The minimum absolute atomic E-state index is 0.0441. The molecule has 1 aromatic carbocycles. The van der Waals surface area contributed by atoms with E-state index in [1.165, 1.54) is 6.08 Å². The molecule has 0 aromatic heterocycles. The van der Waals surface area contributed by atoms with Gasteiger partial charge in [0.15, 0.2) is 0 Å². The average Bonchev–Trinajstić information content (AvgIpc) is 2.46. The second-order valence-corrected chi connectivity index (χ2v) is 5.52. The summed E-state index contributed by atoms with van der Waals surface area (Å²) in [7, 11) is 3.84. The lowest BCUT2D eigenvalue weighted by atomic mass is 10.1. The molecule has 1 rings (SSSR count). The number of rotatable bonds is 8. The SMILES string of the molecule is Cc1ccc(/C=C/C(=O)N(CCC(=O)O)CCN(C)C)cc1. The molecule has 0 aliphatic rings. The van der Waals surface area contributed by atoms with Gasteiger partial charge in [-0.25, -0.2) is 0 Å². The molecule has 0 spiro atoms. The van der Waals surface area contributed by atoms with Gasteiger partial charge in [-0.2, -0.15) is 0 Å². The van der Waals surface area contributed by atoms with Crippen molar-refractivity contribution in [1.82, 2.24) is 9.80 Å². The van der Waals surface area contributed by atoms with Crippen molar-refractivity contribution in [2.45, 2.75) is 13.3 Å². The number of carboxylic acid groups (broad SMARTS) is 1. The molecule has 1 amide bonds. The number of amides is 1. The van der Waals surface area contributed by atoms with E-state index >= 15 is 0 Å². The maximum Gasteiger partial charge on any atom is 0.305 e. The summed E-state index contributed by atoms with van der Waals surface area (Å²) in [4.78, 5) is 26.5. The van der Waals surface area contributed by atoms with Crippen LogP contribution in [0.5, 0.6) is 0 Å². The Kier molecular flexibility index (Phi) is 7.32. The molecule has 120 valence electrons. The molecule has 0 radical (unpaired) electrons. The van der Waals surface area contributed by atoms with Gasteiger partial charge in [-0.15, -0.1) is 0 Å².